The Labute approximate surface area is 94.5 Å². The Hall–Kier alpha value is -1.61. The first kappa shape index (κ1) is 10.9. The second kappa shape index (κ2) is 5.47. The average molecular weight is 218 g/mol. The van der Waals surface area contributed by atoms with Gasteiger partial charge in [-0.15, -0.1) is 0 Å². The SMILES string of the molecule is Fc1ccccc1CCNCc1ccc[nH]1. The lowest BCUT2D eigenvalue weighted by atomic mass is 10.1. The van der Waals surface area contributed by atoms with Crippen LogP contribution >= 0.6 is 0 Å². The number of rotatable bonds is 5. The molecule has 2 aromatic rings. The minimum Gasteiger partial charge on any atom is -0.364 e. The lowest BCUT2D eigenvalue weighted by Gasteiger charge is -2.04. The van der Waals surface area contributed by atoms with Crippen LogP contribution in [-0.4, -0.2) is 11.5 Å². The van der Waals surface area contributed by atoms with E-state index in [0.717, 1.165) is 24.3 Å². The van der Waals surface area contributed by atoms with E-state index in [1.54, 1.807) is 6.07 Å². The molecule has 16 heavy (non-hydrogen) atoms. The van der Waals surface area contributed by atoms with Crippen LogP contribution < -0.4 is 5.32 Å². The maximum Gasteiger partial charge on any atom is 0.126 e. The molecule has 0 radical (unpaired) electrons. The zero-order chi connectivity index (χ0) is 11.2. The molecule has 2 nitrogen and oxygen atoms in total. The van der Waals surface area contributed by atoms with Gasteiger partial charge in [-0.2, -0.15) is 0 Å². The van der Waals surface area contributed by atoms with Crippen LogP contribution in [0, 0.1) is 5.82 Å². The molecular formula is C13H15FN2. The number of H-pyrrole nitrogens is 1. The van der Waals surface area contributed by atoms with E-state index in [1.165, 1.54) is 6.07 Å². The third-order valence-electron chi connectivity index (χ3n) is 2.51. The molecule has 0 atom stereocenters. The molecule has 2 N–H and O–H groups in total. The van der Waals surface area contributed by atoms with Gasteiger partial charge in [0.05, 0.1) is 0 Å². The molecule has 0 amide bonds. The molecule has 0 saturated heterocycles. The fourth-order valence-electron chi connectivity index (χ4n) is 1.62. The van der Waals surface area contributed by atoms with Gasteiger partial charge in [-0.1, -0.05) is 18.2 Å². The second-order valence-electron chi connectivity index (χ2n) is 3.71. The van der Waals surface area contributed by atoms with Crippen molar-refractivity contribution in [1.82, 2.24) is 10.3 Å². The first-order chi connectivity index (χ1) is 7.86. The topological polar surface area (TPSA) is 27.8 Å². The highest BCUT2D eigenvalue weighted by molar-refractivity contribution is 5.17. The van der Waals surface area contributed by atoms with Crippen LogP contribution in [0.1, 0.15) is 11.3 Å². The van der Waals surface area contributed by atoms with E-state index in [9.17, 15) is 4.39 Å². The second-order valence-corrected chi connectivity index (χ2v) is 3.71. The van der Waals surface area contributed by atoms with E-state index < -0.39 is 0 Å². The monoisotopic (exact) mass is 218 g/mol. The Bertz CT molecular complexity index is 423. The summed E-state index contributed by atoms with van der Waals surface area (Å²) < 4.78 is 13.3. The standard InChI is InChI=1S/C13H15FN2/c14-13-6-2-1-4-11(13)7-9-15-10-12-5-3-8-16-12/h1-6,8,15-16H,7,9-10H2. The Kier molecular flexibility index (Phi) is 3.72. The zero-order valence-electron chi connectivity index (χ0n) is 9.04. The van der Waals surface area contributed by atoms with E-state index in [-0.39, 0.29) is 5.82 Å². The number of hydrogen-bond donors (Lipinski definition) is 2. The lowest BCUT2D eigenvalue weighted by Crippen LogP contribution is -2.17. The summed E-state index contributed by atoms with van der Waals surface area (Å²) in [6.45, 7) is 1.57. The Morgan fingerprint density at radius 1 is 1.12 bits per heavy atom. The predicted molar refractivity (Wildman–Crippen MR) is 62.6 cm³/mol. The molecule has 0 aliphatic heterocycles. The lowest BCUT2D eigenvalue weighted by molar-refractivity contribution is 0.597. The van der Waals surface area contributed by atoms with E-state index in [4.69, 9.17) is 0 Å². The van der Waals surface area contributed by atoms with Crippen LogP contribution in [0.2, 0.25) is 0 Å². The number of aromatic nitrogens is 1. The molecule has 0 aliphatic rings. The molecule has 1 aromatic heterocycles. The van der Waals surface area contributed by atoms with Gasteiger partial charge in [0.2, 0.25) is 0 Å². The van der Waals surface area contributed by atoms with Gasteiger partial charge in [0.15, 0.2) is 0 Å². The first-order valence-electron chi connectivity index (χ1n) is 5.42. The molecule has 3 heteroatoms. The van der Waals surface area contributed by atoms with E-state index in [0.29, 0.717) is 6.42 Å². The summed E-state index contributed by atoms with van der Waals surface area (Å²) in [4.78, 5) is 3.11. The molecule has 0 bridgehead atoms. The van der Waals surface area contributed by atoms with Crippen molar-refractivity contribution in [3.63, 3.8) is 0 Å². The van der Waals surface area contributed by atoms with Gasteiger partial charge in [-0.25, -0.2) is 4.39 Å². The Morgan fingerprint density at radius 3 is 2.75 bits per heavy atom. The van der Waals surface area contributed by atoms with E-state index in [2.05, 4.69) is 10.3 Å². The van der Waals surface area contributed by atoms with E-state index in [1.807, 2.05) is 30.5 Å². The number of hydrogen-bond acceptors (Lipinski definition) is 1. The molecule has 1 aromatic carbocycles. The van der Waals surface area contributed by atoms with Crippen molar-refractivity contribution in [3.05, 3.63) is 59.7 Å². The van der Waals surface area contributed by atoms with Crippen molar-refractivity contribution in [2.24, 2.45) is 0 Å². The van der Waals surface area contributed by atoms with Gasteiger partial charge >= 0.3 is 0 Å². The van der Waals surface area contributed by atoms with Crippen molar-refractivity contribution < 1.29 is 4.39 Å². The number of halogens is 1. The average Bonchev–Trinajstić information content (AvgIpc) is 2.79. The molecule has 2 rings (SSSR count). The quantitative estimate of drug-likeness (QED) is 0.741. The van der Waals surface area contributed by atoms with Crippen molar-refractivity contribution in [3.8, 4) is 0 Å². The highest BCUT2D eigenvalue weighted by atomic mass is 19.1. The first-order valence-corrected chi connectivity index (χ1v) is 5.42. The Balaban J connectivity index is 1.74. The fraction of sp³-hybridized carbons (Fsp3) is 0.231. The van der Waals surface area contributed by atoms with Crippen LogP contribution in [-0.2, 0) is 13.0 Å². The van der Waals surface area contributed by atoms with Crippen LogP contribution in [0.4, 0.5) is 4.39 Å². The molecule has 1 heterocycles. The van der Waals surface area contributed by atoms with Gasteiger partial charge in [0.1, 0.15) is 5.82 Å². The molecular weight excluding hydrogens is 203 g/mol. The summed E-state index contributed by atoms with van der Waals surface area (Å²) >= 11 is 0. The summed E-state index contributed by atoms with van der Waals surface area (Å²) in [5, 5.41) is 3.27. The third kappa shape index (κ3) is 2.94. The number of nitrogens with one attached hydrogen (secondary N) is 2. The summed E-state index contributed by atoms with van der Waals surface area (Å²) in [6.07, 6.45) is 2.61. The van der Waals surface area contributed by atoms with Crippen LogP contribution in [0.15, 0.2) is 42.6 Å². The van der Waals surface area contributed by atoms with Gasteiger partial charge in [0.25, 0.3) is 0 Å². The van der Waals surface area contributed by atoms with Crippen LogP contribution in [0.25, 0.3) is 0 Å². The maximum atomic E-state index is 13.3. The Morgan fingerprint density at radius 2 is 2.00 bits per heavy atom. The molecule has 0 spiro atoms. The third-order valence-corrected chi connectivity index (χ3v) is 2.51. The van der Waals surface area contributed by atoms with Gasteiger partial charge in [-0.05, 0) is 36.7 Å². The van der Waals surface area contributed by atoms with Crippen LogP contribution in [0.5, 0.6) is 0 Å². The normalized spacial score (nSPS) is 10.6. The summed E-state index contributed by atoms with van der Waals surface area (Å²) in [5.41, 5.74) is 1.91. The number of benzene rings is 1. The molecule has 0 saturated carbocycles. The highest BCUT2D eigenvalue weighted by Gasteiger charge is 1.99. The highest BCUT2D eigenvalue weighted by Crippen LogP contribution is 2.06. The minimum absolute atomic E-state index is 0.121. The van der Waals surface area contributed by atoms with E-state index >= 15 is 0 Å². The van der Waals surface area contributed by atoms with Gasteiger partial charge in [0, 0.05) is 18.4 Å². The van der Waals surface area contributed by atoms with Crippen molar-refractivity contribution >= 4 is 0 Å². The van der Waals surface area contributed by atoms with Crippen LogP contribution in [0.3, 0.4) is 0 Å². The molecule has 0 unspecified atom stereocenters. The van der Waals surface area contributed by atoms with Crippen molar-refractivity contribution in [2.75, 3.05) is 6.54 Å². The van der Waals surface area contributed by atoms with Crippen molar-refractivity contribution in [2.45, 2.75) is 13.0 Å². The smallest absolute Gasteiger partial charge is 0.126 e. The minimum atomic E-state index is -0.121. The van der Waals surface area contributed by atoms with Gasteiger partial charge < -0.3 is 10.3 Å². The molecule has 0 aliphatic carbocycles. The summed E-state index contributed by atoms with van der Waals surface area (Å²) in [7, 11) is 0. The summed E-state index contributed by atoms with van der Waals surface area (Å²) in [5.74, 6) is -0.121. The maximum absolute atomic E-state index is 13.3. The zero-order valence-corrected chi connectivity index (χ0v) is 9.04. The number of aromatic amines is 1. The predicted octanol–water partition coefficient (Wildman–Crippen LogP) is 2.49. The summed E-state index contributed by atoms with van der Waals surface area (Å²) in [6, 6.07) is 10.9. The molecule has 0 fully saturated rings. The van der Waals surface area contributed by atoms with Gasteiger partial charge in [-0.3, -0.25) is 0 Å². The molecule has 84 valence electrons. The van der Waals surface area contributed by atoms with Crippen molar-refractivity contribution in [1.29, 1.82) is 0 Å². The largest absolute Gasteiger partial charge is 0.364 e. The fourth-order valence-corrected chi connectivity index (χ4v) is 1.62.